The Balaban J connectivity index is 1.60. The van der Waals surface area contributed by atoms with Gasteiger partial charge < -0.3 is 20.1 Å². The first kappa shape index (κ1) is 17.4. The molecule has 2 heterocycles. The summed E-state index contributed by atoms with van der Waals surface area (Å²) in [6.45, 7) is 0. The second-order valence-corrected chi connectivity index (χ2v) is 7.64. The van der Waals surface area contributed by atoms with Crippen molar-refractivity contribution < 1.29 is 10.2 Å². The third-order valence-electron chi connectivity index (χ3n) is 5.63. The first-order chi connectivity index (χ1) is 13.6. The molecule has 0 aliphatic heterocycles. The summed E-state index contributed by atoms with van der Waals surface area (Å²) < 4.78 is 1.85. The molecule has 0 unspecified atom stereocenters. The van der Waals surface area contributed by atoms with Crippen LogP contribution in [0.5, 0.6) is 0 Å². The van der Waals surface area contributed by atoms with Gasteiger partial charge in [-0.25, -0.2) is 15.0 Å². The first-order valence-electron chi connectivity index (χ1n) is 9.13. The van der Waals surface area contributed by atoms with Crippen molar-refractivity contribution in [1.82, 2.24) is 19.5 Å². The number of nitrogens with zero attached hydrogens (tertiary/aromatic N) is 4. The number of rotatable bonds is 2. The van der Waals surface area contributed by atoms with Gasteiger partial charge in [0, 0.05) is 12.6 Å². The number of aliphatic hydroxyl groups excluding tert-OH is 2. The maximum absolute atomic E-state index is 10.5. The Hall–Kier alpha value is -2.66. The molecule has 2 aliphatic rings. The van der Waals surface area contributed by atoms with E-state index in [9.17, 15) is 10.2 Å². The number of halogens is 1. The van der Waals surface area contributed by atoms with Crippen molar-refractivity contribution in [2.24, 2.45) is 11.8 Å². The van der Waals surface area contributed by atoms with E-state index in [1.54, 1.807) is 19.4 Å². The van der Waals surface area contributed by atoms with Gasteiger partial charge in [0.2, 0.25) is 5.82 Å². The molecule has 5 atom stereocenters. The van der Waals surface area contributed by atoms with Gasteiger partial charge in [-0.3, -0.25) is 0 Å². The second kappa shape index (κ2) is 6.45. The number of imidazole rings is 1. The van der Waals surface area contributed by atoms with E-state index in [0.29, 0.717) is 33.4 Å². The quantitative estimate of drug-likeness (QED) is 0.573. The van der Waals surface area contributed by atoms with Crippen molar-refractivity contribution in [2.75, 3.05) is 12.4 Å². The summed E-state index contributed by atoms with van der Waals surface area (Å²) in [5.41, 5.74) is 1.89. The smallest absolute Gasteiger partial charge is 0.209 e. The van der Waals surface area contributed by atoms with Crippen LogP contribution in [0, 0.1) is 23.7 Å². The second-order valence-electron chi connectivity index (χ2n) is 7.23. The molecule has 0 radical (unpaired) electrons. The number of anilines is 1. The normalized spacial score (nSPS) is 27.9. The van der Waals surface area contributed by atoms with Crippen molar-refractivity contribution >= 4 is 28.6 Å². The van der Waals surface area contributed by atoms with Gasteiger partial charge in [-0.15, -0.1) is 0 Å². The first-order valence-corrected chi connectivity index (χ1v) is 9.51. The minimum atomic E-state index is -0.827. The molecule has 2 fully saturated rings. The van der Waals surface area contributed by atoms with Gasteiger partial charge in [-0.2, -0.15) is 0 Å². The highest BCUT2D eigenvalue weighted by molar-refractivity contribution is 6.31. The summed E-state index contributed by atoms with van der Waals surface area (Å²) in [7, 11) is 1.76. The van der Waals surface area contributed by atoms with Gasteiger partial charge in [0.1, 0.15) is 6.10 Å². The van der Waals surface area contributed by atoms with Gasteiger partial charge in [-0.05, 0) is 36.3 Å². The average molecular weight is 396 g/mol. The molecule has 5 rings (SSSR count). The predicted molar refractivity (Wildman–Crippen MR) is 105 cm³/mol. The van der Waals surface area contributed by atoms with Gasteiger partial charge in [-0.1, -0.05) is 29.7 Å². The van der Waals surface area contributed by atoms with Crippen molar-refractivity contribution in [3.63, 3.8) is 0 Å². The van der Waals surface area contributed by atoms with E-state index in [2.05, 4.69) is 32.1 Å². The molecule has 0 saturated heterocycles. The maximum atomic E-state index is 10.5. The van der Waals surface area contributed by atoms with E-state index in [1.165, 1.54) is 0 Å². The van der Waals surface area contributed by atoms with Gasteiger partial charge in [0.05, 0.1) is 23.5 Å². The van der Waals surface area contributed by atoms with Crippen LogP contribution in [0.25, 0.3) is 11.2 Å². The molecule has 2 aromatic heterocycles. The molecule has 2 saturated carbocycles. The molecular formula is C20H18ClN5O2. The van der Waals surface area contributed by atoms with E-state index in [0.717, 1.165) is 6.42 Å². The molecular weight excluding hydrogens is 378 g/mol. The van der Waals surface area contributed by atoms with E-state index in [-0.39, 0.29) is 17.9 Å². The van der Waals surface area contributed by atoms with Crippen LogP contribution < -0.4 is 5.32 Å². The summed E-state index contributed by atoms with van der Waals surface area (Å²) in [4.78, 5) is 13.5. The lowest BCUT2D eigenvalue weighted by atomic mass is 10.1. The van der Waals surface area contributed by atoms with E-state index >= 15 is 0 Å². The minimum Gasteiger partial charge on any atom is -0.390 e. The van der Waals surface area contributed by atoms with E-state index in [4.69, 9.17) is 11.6 Å². The summed E-state index contributed by atoms with van der Waals surface area (Å²) in [6.07, 6.45) is 1.04. The molecule has 3 aromatic rings. The number of nitrogens with one attached hydrogen (secondary N) is 1. The summed E-state index contributed by atoms with van der Waals surface area (Å²) in [6, 6.07) is 7.09. The third-order valence-corrected chi connectivity index (χ3v) is 5.96. The van der Waals surface area contributed by atoms with Gasteiger partial charge in [0.25, 0.3) is 0 Å². The molecule has 2 aliphatic carbocycles. The SMILES string of the molecule is CNc1nc(C#Cc2ccccc2Cl)nc2c1ncn2[C@H]1[C@H](O)[C@H](O)[C@H]2C[C@H]21. The highest BCUT2D eigenvalue weighted by atomic mass is 35.5. The van der Waals surface area contributed by atoms with Crippen LogP contribution in [0.3, 0.4) is 0 Å². The molecule has 0 spiro atoms. The molecule has 142 valence electrons. The summed E-state index contributed by atoms with van der Waals surface area (Å²) in [5, 5.41) is 24.2. The lowest BCUT2D eigenvalue weighted by Gasteiger charge is -2.22. The topological polar surface area (TPSA) is 96.1 Å². The number of hydrogen-bond acceptors (Lipinski definition) is 6. The Bertz CT molecular complexity index is 1130. The fourth-order valence-electron chi connectivity index (χ4n) is 4.15. The third kappa shape index (κ3) is 2.65. The highest BCUT2D eigenvalue weighted by Crippen LogP contribution is 2.57. The zero-order valence-electron chi connectivity index (χ0n) is 15.0. The molecule has 0 amide bonds. The zero-order valence-corrected chi connectivity index (χ0v) is 15.8. The number of hydrogen-bond donors (Lipinski definition) is 3. The molecule has 0 bridgehead atoms. The van der Waals surface area contributed by atoms with E-state index in [1.807, 2.05) is 22.8 Å². The Labute approximate surface area is 166 Å². The van der Waals surface area contributed by atoms with Crippen molar-refractivity contribution in [1.29, 1.82) is 0 Å². The van der Waals surface area contributed by atoms with Crippen LogP contribution in [0.4, 0.5) is 5.82 Å². The van der Waals surface area contributed by atoms with Crippen molar-refractivity contribution in [2.45, 2.75) is 24.7 Å². The van der Waals surface area contributed by atoms with E-state index < -0.39 is 12.2 Å². The fourth-order valence-corrected chi connectivity index (χ4v) is 4.33. The maximum Gasteiger partial charge on any atom is 0.209 e. The monoisotopic (exact) mass is 395 g/mol. The van der Waals surface area contributed by atoms with Crippen LogP contribution in [0.1, 0.15) is 23.9 Å². The Morgan fingerprint density at radius 3 is 2.68 bits per heavy atom. The van der Waals surface area contributed by atoms with Crippen molar-refractivity contribution in [3.8, 4) is 11.8 Å². The predicted octanol–water partition coefficient (Wildman–Crippen LogP) is 1.83. The lowest BCUT2D eigenvalue weighted by molar-refractivity contribution is 0.00386. The number of aromatic nitrogens is 4. The van der Waals surface area contributed by atoms with Crippen LogP contribution >= 0.6 is 11.6 Å². The Morgan fingerprint density at radius 1 is 1.14 bits per heavy atom. The Morgan fingerprint density at radius 2 is 1.96 bits per heavy atom. The number of fused-ring (bicyclic) bond motifs is 2. The average Bonchev–Trinajstić information content (AvgIpc) is 3.31. The molecule has 1 aromatic carbocycles. The fraction of sp³-hybridized carbons (Fsp3) is 0.350. The zero-order chi connectivity index (χ0) is 19.4. The molecule has 3 N–H and O–H groups in total. The van der Waals surface area contributed by atoms with Crippen LogP contribution in [0.15, 0.2) is 30.6 Å². The van der Waals surface area contributed by atoms with Gasteiger partial charge in [0.15, 0.2) is 17.0 Å². The molecule has 28 heavy (non-hydrogen) atoms. The summed E-state index contributed by atoms with van der Waals surface area (Å²) >= 11 is 6.17. The highest BCUT2D eigenvalue weighted by Gasteiger charge is 2.60. The van der Waals surface area contributed by atoms with Crippen LogP contribution in [-0.2, 0) is 0 Å². The number of benzene rings is 1. The minimum absolute atomic E-state index is 0.155. The van der Waals surface area contributed by atoms with Crippen LogP contribution in [0.2, 0.25) is 5.02 Å². The molecule has 7 nitrogen and oxygen atoms in total. The standard InChI is InChI=1S/C20H18ClN5O2/c1-22-19-15-20(25-14(24-19)7-6-10-4-2-3-5-13(10)21)26(9-23-15)16-11-8-12(11)17(27)18(16)28/h2-5,9,11-12,16-18,27-28H,8H2,1H3,(H,22,24,25)/t11-,12+,16-,17-,18+/m1/s1. The lowest BCUT2D eigenvalue weighted by Crippen LogP contribution is -2.31. The van der Waals surface area contributed by atoms with Gasteiger partial charge >= 0.3 is 0 Å². The Kier molecular flexibility index (Phi) is 4.02. The largest absolute Gasteiger partial charge is 0.390 e. The summed E-state index contributed by atoms with van der Waals surface area (Å²) in [5.74, 6) is 7.27. The molecule has 8 heteroatoms. The number of aliphatic hydroxyl groups is 2. The van der Waals surface area contributed by atoms with Crippen molar-refractivity contribution in [3.05, 3.63) is 47.0 Å². The van der Waals surface area contributed by atoms with Crippen LogP contribution in [-0.4, -0.2) is 49.0 Å².